The Kier molecular flexibility index (Phi) is 17.6. The molecule has 4 aromatic carbocycles. The van der Waals surface area contributed by atoms with Crippen LogP contribution in [0.25, 0.3) is 21.8 Å². The summed E-state index contributed by atoms with van der Waals surface area (Å²) in [4.78, 5) is 60.5. The largest absolute Gasteiger partial charge is 0.486 e. The minimum Gasteiger partial charge on any atom is -0.486 e. The van der Waals surface area contributed by atoms with Gasteiger partial charge in [-0.1, -0.05) is 24.3 Å². The maximum absolute atomic E-state index is 13.3. The van der Waals surface area contributed by atoms with E-state index >= 15 is 0 Å². The minimum absolute atomic E-state index is 0.00571. The summed E-state index contributed by atoms with van der Waals surface area (Å²) >= 11 is 0. The van der Waals surface area contributed by atoms with Crippen LogP contribution in [0.15, 0.2) is 107 Å². The molecule has 0 spiro atoms. The Labute approximate surface area is 462 Å². The van der Waals surface area contributed by atoms with Gasteiger partial charge in [-0.3, -0.25) is 9.59 Å². The number of piperidine rings is 2. The van der Waals surface area contributed by atoms with Gasteiger partial charge in [-0.05, 0) is 139 Å². The van der Waals surface area contributed by atoms with E-state index in [1.54, 1.807) is 22.8 Å². The first-order valence-corrected chi connectivity index (χ1v) is 27.8. The van der Waals surface area contributed by atoms with Crippen LogP contribution in [0.5, 0.6) is 23.0 Å². The topological polar surface area (TPSA) is 185 Å². The summed E-state index contributed by atoms with van der Waals surface area (Å²) in [6.07, 6.45) is 2.69. The highest BCUT2D eigenvalue weighted by atomic mass is 16.6. The molecule has 0 saturated carbocycles. The lowest BCUT2D eigenvalue weighted by atomic mass is 10.0. The number of fused-ring (bicyclic) bond motifs is 4. The number of rotatable bonds is 13. The van der Waals surface area contributed by atoms with Gasteiger partial charge in [0.1, 0.15) is 37.6 Å². The van der Waals surface area contributed by atoms with E-state index in [0.717, 1.165) is 115 Å². The van der Waals surface area contributed by atoms with Gasteiger partial charge in [0, 0.05) is 119 Å². The van der Waals surface area contributed by atoms with Crippen LogP contribution in [0.4, 0.5) is 21.0 Å². The van der Waals surface area contributed by atoms with Gasteiger partial charge in [-0.2, -0.15) is 0 Å². The number of likely N-dealkylation sites (tertiary alicyclic amines) is 2. The lowest BCUT2D eigenvalue weighted by Gasteiger charge is -2.39. The van der Waals surface area contributed by atoms with Crippen LogP contribution >= 0.6 is 0 Å². The summed E-state index contributed by atoms with van der Waals surface area (Å²) in [5.74, 6) is 2.89. The molecule has 6 aromatic rings. The van der Waals surface area contributed by atoms with Crippen molar-refractivity contribution in [2.45, 2.75) is 117 Å². The molecule has 18 nitrogen and oxygen atoms in total. The highest BCUT2D eigenvalue weighted by Crippen LogP contribution is 2.34. The van der Waals surface area contributed by atoms with E-state index in [1.165, 1.54) is 0 Å². The molecule has 2 aromatic heterocycles. The number of anilines is 2. The molecule has 2 amide bonds. The smallest absolute Gasteiger partial charge is 0.410 e. The van der Waals surface area contributed by atoms with E-state index in [9.17, 15) is 19.2 Å². The zero-order chi connectivity index (χ0) is 55.8. The lowest BCUT2D eigenvalue weighted by molar-refractivity contribution is 0.00468. The molecule has 6 heterocycles. The summed E-state index contributed by atoms with van der Waals surface area (Å²) in [5, 5.41) is 5.14. The summed E-state index contributed by atoms with van der Waals surface area (Å²) in [7, 11) is 1.89. The van der Waals surface area contributed by atoms with Crippen molar-refractivity contribution in [3.8, 4) is 23.0 Å². The van der Waals surface area contributed by atoms with E-state index in [-0.39, 0.29) is 35.4 Å². The van der Waals surface area contributed by atoms with Gasteiger partial charge < -0.3 is 68.2 Å². The third kappa shape index (κ3) is 14.3. The van der Waals surface area contributed by atoms with Crippen LogP contribution < -0.4 is 41.1 Å². The van der Waals surface area contributed by atoms with E-state index in [1.807, 2.05) is 142 Å². The second-order valence-electron chi connectivity index (χ2n) is 22.7. The number of hydrogen-bond donors (Lipinski definition) is 2. The predicted molar refractivity (Wildman–Crippen MR) is 308 cm³/mol. The third-order valence-corrected chi connectivity index (χ3v) is 14.8. The van der Waals surface area contributed by atoms with E-state index in [2.05, 4.69) is 15.1 Å². The SMILES string of the molecule is CC(C)(C)OC(=O)N(Cc1ccc2c(c1)OCCO2)C1CCN(CCn2c(=O)ccc3c(N)cccc32)CC1.CNc1cccc2c1ccc(=O)n2CCN1CCC(N(Cc2ccc3c(c2)OCCO3)C(=O)OC(C)(C)C)CC1. The molecule has 2 fully saturated rings. The first kappa shape index (κ1) is 56.3. The fourth-order valence-electron chi connectivity index (χ4n) is 10.8. The van der Waals surface area contributed by atoms with E-state index < -0.39 is 11.2 Å². The first-order chi connectivity index (χ1) is 37.9. The molecular weight excluding hydrogens is 1000 g/mol. The van der Waals surface area contributed by atoms with Gasteiger partial charge in [0.25, 0.3) is 11.1 Å². The van der Waals surface area contributed by atoms with Gasteiger partial charge in [-0.15, -0.1) is 0 Å². The van der Waals surface area contributed by atoms with Crippen molar-refractivity contribution in [1.82, 2.24) is 28.7 Å². The molecule has 4 aliphatic rings. The third-order valence-electron chi connectivity index (χ3n) is 14.8. The standard InChI is InChI=1S/C31H40N4O5.C30H38N4O5/c1-31(2,3)40-30(37)35(21-22-8-10-27-28(20-22)39-19-18-38-27)23-12-14-33(15-13-23)16-17-34-26-7-5-6-25(32-4)24(26)9-11-29(34)36;1-30(2,3)39-29(36)34(20-21-7-9-26-27(19-21)38-18-17-37-26)22-11-13-32(14-12-22)15-16-33-25-6-4-5-24(31)23(25)8-10-28(33)35/h5-11,20,23,32H,12-19,21H2,1-4H3;4-10,19,22H,11-18,20,31H2,1-3H3. The molecule has 3 N–H and O–H groups in total. The number of carbonyl (C=O) groups excluding carboxylic acids is 2. The van der Waals surface area contributed by atoms with Crippen LogP contribution in [0.1, 0.15) is 78.4 Å². The van der Waals surface area contributed by atoms with Crippen LogP contribution in [0, 0.1) is 0 Å². The Hall–Kier alpha value is -7.44. The number of pyridine rings is 2. The number of amides is 2. The lowest BCUT2D eigenvalue weighted by Crippen LogP contribution is -2.49. The summed E-state index contributed by atoms with van der Waals surface area (Å²) in [6.45, 7) is 20.4. The fourth-order valence-corrected chi connectivity index (χ4v) is 10.8. The molecule has 18 heteroatoms. The molecule has 4 aliphatic heterocycles. The molecule has 79 heavy (non-hydrogen) atoms. The maximum atomic E-state index is 13.3. The number of nitrogens with zero attached hydrogens (tertiary/aromatic N) is 6. The quantitative estimate of drug-likeness (QED) is 0.104. The number of carbonyl (C=O) groups is 2. The van der Waals surface area contributed by atoms with Crippen LogP contribution in [-0.4, -0.2) is 137 Å². The highest BCUT2D eigenvalue weighted by Gasteiger charge is 2.34. The number of benzene rings is 4. The van der Waals surface area contributed by atoms with Crippen molar-refractivity contribution in [1.29, 1.82) is 0 Å². The first-order valence-electron chi connectivity index (χ1n) is 27.8. The normalized spacial score (nSPS) is 16.2. The van der Waals surface area contributed by atoms with Crippen molar-refractivity contribution in [3.05, 3.63) is 129 Å². The maximum Gasteiger partial charge on any atom is 0.410 e. The number of hydrogen-bond acceptors (Lipinski definition) is 14. The molecule has 0 radical (unpaired) electrons. The van der Waals surface area contributed by atoms with Crippen molar-refractivity contribution in [3.63, 3.8) is 0 Å². The van der Waals surface area contributed by atoms with Gasteiger partial charge in [0.2, 0.25) is 0 Å². The van der Waals surface area contributed by atoms with Gasteiger partial charge in [-0.25, -0.2) is 9.59 Å². The van der Waals surface area contributed by atoms with Crippen LogP contribution in [0.3, 0.4) is 0 Å². The van der Waals surface area contributed by atoms with Crippen molar-refractivity contribution >= 4 is 45.4 Å². The number of ether oxygens (including phenoxy) is 6. The Bertz CT molecular complexity index is 3220. The number of nitrogens with two attached hydrogens (primary N) is 1. The minimum atomic E-state index is -0.585. The van der Waals surface area contributed by atoms with Crippen molar-refractivity contribution in [2.24, 2.45) is 0 Å². The second kappa shape index (κ2) is 24.7. The number of nitrogen functional groups attached to an aromatic ring is 1. The fraction of sp³-hybridized carbons (Fsp3) is 0.475. The van der Waals surface area contributed by atoms with E-state index in [4.69, 9.17) is 34.2 Å². The van der Waals surface area contributed by atoms with Crippen molar-refractivity contribution < 1.29 is 38.0 Å². The van der Waals surface area contributed by atoms with Crippen LogP contribution in [0.2, 0.25) is 0 Å². The molecule has 0 aliphatic carbocycles. The Morgan fingerprint density at radius 2 is 0.975 bits per heavy atom. The molecule has 0 unspecified atom stereocenters. The number of aromatic nitrogens is 2. The van der Waals surface area contributed by atoms with Crippen LogP contribution in [-0.2, 0) is 35.7 Å². The van der Waals surface area contributed by atoms with Crippen molar-refractivity contribution in [2.75, 3.05) is 83.8 Å². The summed E-state index contributed by atoms with van der Waals surface area (Å²) < 4.78 is 38.1. The predicted octanol–water partition coefficient (Wildman–Crippen LogP) is 8.97. The van der Waals surface area contributed by atoms with Gasteiger partial charge >= 0.3 is 12.2 Å². The Balaban J connectivity index is 0.000000192. The Morgan fingerprint density at radius 1 is 0.557 bits per heavy atom. The number of nitrogens with one attached hydrogen (secondary N) is 1. The molecule has 2 saturated heterocycles. The molecule has 0 atom stereocenters. The summed E-state index contributed by atoms with van der Waals surface area (Å²) in [6, 6.07) is 30.4. The second-order valence-corrected chi connectivity index (χ2v) is 22.7. The molecule has 10 rings (SSSR count). The monoisotopic (exact) mass is 1080 g/mol. The summed E-state index contributed by atoms with van der Waals surface area (Å²) in [5.41, 5.74) is 10.4. The zero-order valence-corrected chi connectivity index (χ0v) is 47.0. The highest BCUT2D eigenvalue weighted by molar-refractivity contribution is 5.92. The average Bonchev–Trinajstić information content (AvgIpc) is 3.51. The molecular formula is C61H78N8O10. The Morgan fingerprint density at radius 3 is 1.42 bits per heavy atom. The average molecular weight is 1080 g/mol. The van der Waals surface area contributed by atoms with Gasteiger partial charge in [0.05, 0.1) is 11.0 Å². The molecule has 422 valence electrons. The van der Waals surface area contributed by atoms with Gasteiger partial charge in [0.15, 0.2) is 23.0 Å². The zero-order valence-electron chi connectivity index (χ0n) is 47.0. The van der Waals surface area contributed by atoms with E-state index in [0.29, 0.717) is 69.8 Å². The molecule has 0 bridgehead atoms.